The fourth-order valence-electron chi connectivity index (χ4n) is 1.87. The third kappa shape index (κ3) is 2.54. The minimum atomic E-state index is -0.844. The topological polar surface area (TPSA) is 40.5 Å². The molecule has 0 atom stereocenters. The van der Waals surface area contributed by atoms with Crippen LogP contribution in [0.5, 0.6) is 0 Å². The number of anilines is 1. The normalized spacial score (nSPS) is 10.2. The first-order valence-corrected chi connectivity index (χ1v) is 5.75. The molecule has 0 aliphatic rings. The molecular formula is C13H19NO2. The summed E-state index contributed by atoms with van der Waals surface area (Å²) < 4.78 is 0. The Morgan fingerprint density at radius 3 is 2.31 bits per heavy atom. The molecule has 0 radical (unpaired) electrons. The number of benzene rings is 1. The van der Waals surface area contributed by atoms with Gasteiger partial charge in [0.1, 0.15) is 0 Å². The highest BCUT2D eigenvalue weighted by Crippen LogP contribution is 2.20. The van der Waals surface area contributed by atoms with E-state index in [1.165, 1.54) is 0 Å². The van der Waals surface area contributed by atoms with Crippen molar-refractivity contribution < 1.29 is 9.90 Å². The van der Waals surface area contributed by atoms with Crippen molar-refractivity contribution in [1.82, 2.24) is 0 Å². The van der Waals surface area contributed by atoms with Gasteiger partial charge in [-0.05, 0) is 44.0 Å². The zero-order valence-electron chi connectivity index (χ0n) is 10.2. The van der Waals surface area contributed by atoms with Crippen LogP contribution in [0.25, 0.3) is 0 Å². The second-order valence-corrected chi connectivity index (χ2v) is 3.67. The Balaban J connectivity index is 3.12. The van der Waals surface area contributed by atoms with Crippen molar-refractivity contribution in [3.8, 4) is 0 Å². The van der Waals surface area contributed by atoms with E-state index in [1.807, 2.05) is 19.1 Å². The first-order valence-electron chi connectivity index (χ1n) is 5.75. The van der Waals surface area contributed by atoms with Gasteiger partial charge in [0, 0.05) is 18.8 Å². The Morgan fingerprint density at radius 2 is 1.88 bits per heavy atom. The van der Waals surface area contributed by atoms with Gasteiger partial charge in [-0.3, -0.25) is 0 Å². The van der Waals surface area contributed by atoms with Crippen LogP contribution in [-0.4, -0.2) is 24.2 Å². The maximum atomic E-state index is 11.0. The maximum Gasteiger partial charge on any atom is 0.335 e. The van der Waals surface area contributed by atoms with Crippen LogP contribution in [0.3, 0.4) is 0 Å². The van der Waals surface area contributed by atoms with E-state index < -0.39 is 5.97 Å². The average Bonchev–Trinajstić information content (AvgIpc) is 2.30. The number of hydrogen-bond donors (Lipinski definition) is 1. The summed E-state index contributed by atoms with van der Waals surface area (Å²) in [5.41, 5.74) is 2.42. The van der Waals surface area contributed by atoms with Gasteiger partial charge < -0.3 is 10.0 Å². The van der Waals surface area contributed by atoms with Crippen LogP contribution in [0.2, 0.25) is 0 Å². The quantitative estimate of drug-likeness (QED) is 0.831. The van der Waals surface area contributed by atoms with E-state index in [-0.39, 0.29) is 0 Å². The third-order valence-electron chi connectivity index (χ3n) is 2.83. The van der Waals surface area contributed by atoms with Gasteiger partial charge in [0.05, 0.1) is 5.56 Å². The highest BCUT2D eigenvalue weighted by Gasteiger charge is 2.10. The molecule has 1 aromatic carbocycles. The van der Waals surface area contributed by atoms with Crippen LogP contribution >= 0.6 is 0 Å². The molecule has 0 fully saturated rings. The summed E-state index contributed by atoms with van der Waals surface area (Å²) in [5.74, 6) is -0.844. The zero-order chi connectivity index (χ0) is 12.1. The van der Waals surface area contributed by atoms with Crippen molar-refractivity contribution in [2.75, 3.05) is 18.0 Å². The molecule has 1 aromatic rings. The van der Waals surface area contributed by atoms with Gasteiger partial charge in [0.15, 0.2) is 0 Å². The van der Waals surface area contributed by atoms with Crippen LogP contribution in [0.4, 0.5) is 5.69 Å². The summed E-state index contributed by atoms with van der Waals surface area (Å²) in [4.78, 5) is 13.2. The Kier molecular flexibility index (Phi) is 4.35. The minimum absolute atomic E-state index is 0.415. The summed E-state index contributed by atoms with van der Waals surface area (Å²) in [6, 6.07) is 5.57. The van der Waals surface area contributed by atoms with Gasteiger partial charge in [-0.15, -0.1) is 0 Å². The van der Waals surface area contributed by atoms with Gasteiger partial charge in [-0.1, -0.05) is 6.92 Å². The molecule has 3 nitrogen and oxygen atoms in total. The minimum Gasteiger partial charge on any atom is -0.478 e. The van der Waals surface area contributed by atoms with Gasteiger partial charge >= 0.3 is 5.97 Å². The molecule has 1 N–H and O–H groups in total. The van der Waals surface area contributed by atoms with Crippen LogP contribution in [0, 0.1) is 0 Å². The zero-order valence-corrected chi connectivity index (χ0v) is 10.2. The van der Waals surface area contributed by atoms with Gasteiger partial charge in [-0.2, -0.15) is 0 Å². The standard InChI is InChI=1S/C13H19NO2/c1-4-10-9-11(14(5-2)6-3)7-8-12(10)13(15)16/h7-9H,4-6H2,1-3H3,(H,15,16). The highest BCUT2D eigenvalue weighted by molar-refractivity contribution is 5.90. The lowest BCUT2D eigenvalue weighted by Gasteiger charge is -2.22. The van der Waals surface area contributed by atoms with Crippen LogP contribution in [0.15, 0.2) is 18.2 Å². The van der Waals surface area contributed by atoms with Gasteiger partial charge in [-0.25, -0.2) is 4.79 Å². The van der Waals surface area contributed by atoms with Crippen LogP contribution < -0.4 is 4.90 Å². The summed E-state index contributed by atoms with van der Waals surface area (Å²) >= 11 is 0. The number of nitrogens with zero attached hydrogens (tertiary/aromatic N) is 1. The summed E-state index contributed by atoms with van der Waals surface area (Å²) in [6.45, 7) is 8.05. The molecule has 16 heavy (non-hydrogen) atoms. The van der Waals surface area contributed by atoms with E-state index >= 15 is 0 Å². The molecule has 0 saturated carbocycles. The summed E-state index contributed by atoms with van der Waals surface area (Å²) in [5, 5.41) is 9.03. The molecule has 0 aliphatic carbocycles. The van der Waals surface area contributed by atoms with E-state index in [4.69, 9.17) is 5.11 Å². The number of hydrogen-bond acceptors (Lipinski definition) is 2. The Hall–Kier alpha value is -1.51. The molecule has 0 heterocycles. The van der Waals surface area contributed by atoms with E-state index in [0.717, 1.165) is 30.8 Å². The molecule has 1 rings (SSSR count). The lowest BCUT2D eigenvalue weighted by Crippen LogP contribution is -2.22. The molecule has 0 saturated heterocycles. The number of rotatable bonds is 5. The molecule has 0 unspecified atom stereocenters. The maximum absolute atomic E-state index is 11.0. The number of carbonyl (C=O) groups is 1. The number of carboxylic acids is 1. The van der Waals surface area contributed by atoms with Crippen LogP contribution in [-0.2, 0) is 6.42 Å². The molecule has 0 aliphatic heterocycles. The second kappa shape index (κ2) is 5.54. The Labute approximate surface area is 96.7 Å². The van der Waals surface area contributed by atoms with Crippen molar-refractivity contribution in [1.29, 1.82) is 0 Å². The third-order valence-corrected chi connectivity index (χ3v) is 2.83. The molecule has 0 spiro atoms. The van der Waals surface area contributed by atoms with Crippen molar-refractivity contribution >= 4 is 11.7 Å². The summed E-state index contributed by atoms with van der Waals surface area (Å²) in [7, 11) is 0. The predicted octanol–water partition coefficient (Wildman–Crippen LogP) is 2.79. The predicted molar refractivity (Wildman–Crippen MR) is 66.3 cm³/mol. The lowest BCUT2D eigenvalue weighted by atomic mass is 10.0. The van der Waals surface area contributed by atoms with Gasteiger partial charge in [0.25, 0.3) is 0 Å². The van der Waals surface area contributed by atoms with Crippen molar-refractivity contribution in [2.45, 2.75) is 27.2 Å². The van der Waals surface area contributed by atoms with Crippen molar-refractivity contribution in [3.63, 3.8) is 0 Å². The molecule has 0 bridgehead atoms. The molecular weight excluding hydrogens is 202 g/mol. The number of carboxylic acid groups (broad SMARTS) is 1. The fourth-order valence-corrected chi connectivity index (χ4v) is 1.87. The van der Waals surface area contributed by atoms with Crippen molar-refractivity contribution in [3.05, 3.63) is 29.3 Å². The molecule has 88 valence electrons. The van der Waals surface area contributed by atoms with E-state index in [1.54, 1.807) is 6.07 Å². The summed E-state index contributed by atoms with van der Waals surface area (Å²) in [6.07, 6.45) is 0.747. The molecule has 0 aromatic heterocycles. The van der Waals surface area contributed by atoms with Crippen LogP contribution in [0.1, 0.15) is 36.7 Å². The van der Waals surface area contributed by atoms with E-state index in [2.05, 4.69) is 18.7 Å². The molecule has 0 amide bonds. The Morgan fingerprint density at radius 1 is 1.25 bits per heavy atom. The average molecular weight is 221 g/mol. The lowest BCUT2D eigenvalue weighted by molar-refractivity contribution is 0.0696. The van der Waals surface area contributed by atoms with E-state index in [9.17, 15) is 4.79 Å². The first-order chi connectivity index (χ1) is 7.63. The van der Waals surface area contributed by atoms with Gasteiger partial charge in [0.2, 0.25) is 0 Å². The second-order valence-electron chi connectivity index (χ2n) is 3.67. The smallest absolute Gasteiger partial charge is 0.335 e. The highest BCUT2D eigenvalue weighted by atomic mass is 16.4. The van der Waals surface area contributed by atoms with E-state index in [0.29, 0.717) is 5.56 Å². The SMILES string of the molecule is CCc1cc(N(CC)CC)ccc1C(=O)O. The monoisotopic (exact) mass is 221 g/mol. The van der Waals surface area contributed by atoms with Crippen molar-refractivity contribution in [2.24, 2.45) is 0 Å². The largest absolute Gasteiger partial charge is 0.478 e. The molecule has 3 heteroatoms. The Bertz CT molecular complexity index is 370. The number of aryl methyl sites for hydroxylation is 1. The first kappa shape index (κ1) is 12.6. The fraction of sp³-hybridized carbons (Fsp3) is 0.462. The number of aromatic carboxylic acids is 1.